The fourth-order valence-corrected chi connectivity index (χ4v) is 4.95. The van der Waals surface area contributed by atoms with Crippen molar-refractivity contribution < 1.29 is 23.4 Å². The van der Waals surface area contributed by atoms with Crippen LogP contribution in [0.15, 0.2) is 48.9 Å². The number of imidazole rings is 1. The first kappa shape index (κ1) is 25.6. The Labute approximate surface area is 218 Å². The quantitative estimate of drug-likeness (QED) is 0.353. The molecular formula is C28H29F2N5O3. The maximum Gasteiger partial charge on any atom is 0.387 e. The zero-order chi connectivity index (χ0) is 27.0. The number of ether oxygens (including phenoxy) is 1. The van der Waals surface area contributed by atoms with Crippen LogP contribution < -0.4 is 9.64 Å². The maximum absolute atomic E-state index is 12.9. The lowest BCUT2D eigenvalue weighted by Crippen LogP contribution is -2.43. The number of alkyl halides is 2. The second-order valence-corrected chi connectivity index (χ2v) is 10.0. The summed E-state index contributed by atoms with van der Waals surface area (Å²) in [6.07, 6.45) is 6.98. The van der Waals surface area contributed by atoms with Gasteiger partial charge in [-0.25, -0.2) is 15.0 Å². The molecule has 0 amide bonds. The van der Waals surface area contributed by atoms with Gasteiger partial charge < -0.3 is 19.1 Å². The van der Waals surface area contributed by atoms with E-state index in [2.05, 4.69) is 15.0 Å². The van der Waals surface area contributed by atoms with Gasteiger partial charge in [-0.2, -0.15) is 8.78 Å². The van der Waals surface area contributed by atoms with Crippen molar-refractivity contribution in [2.24, 2.45) is 5.41 Å². The van der Waals surface area contributed by atoms with Crippen LogP contribution >= 0.6 is 0 Å². The van der Waals surface area contributed by atoms with Crippen molar-refractivity contribution >= 4 is 17.6 Å². The van der Waals surface area contributed by atoms with Crippen LogP contribution in [-0.4, -0.2) is 50.1 Å². The van der Waals surface area contributed by atoms with E-state index >= 15 is 0 Å². The molecule has 0 spiro atoms. The molecule has 0 aliphatic carbocycles. The topological polar surface area (TPSA) is 92.9 Å². The van der Waals surface area contributed by atoms with E-state index < -0.39 is 18.0 Å². The maximum atomic E-state index is 12.9. The Morgan fingerprint density at radius 3 is 2.50 bits per heavy atom. The van der Waals surface area contributed by atoms with E-state index in [-0.39, 0.29) is 5.75 Å². The van der Waals surface area contributed by atoms with Crippen LogP contribution in [0.25, 0.3) is 16.8 Å². The number of hydrogen-bond donors (Lipinski definition) is 1. The van der Waals surface area contributed by atoms with Crippen LogP contribution in [-0.2, 0) is 11.2 Å². The number of nitrogens with zero attached hydrogens (tertiary/aromatic N) is 5. The highest BCUT2D eigenvalue weighted by Gasteiger charge is 2.37. The highest BCUT2D eigenvalue weighted by Crippen LogP contribution is 2.33. The van der Waals surface area contributed by atoms with E-state index in [9.17, 15) is 18.7 Å². The fraction of sp³-hybridized carbons (Fsp3) is 0.357. The van der Waals surface area contributed by atoms with Crippen molar-refractivity contribution in [1.29, 1.82) is 0 Å². The third-order valence-electron chi connectivity index (χ3n) is 7.43. The molecule has 0 radical (unpaired) electrons. The Morgan fingerprint density at radius 1 is 1.16 bits per heavy atom. The Balaban J connectivity index is 1.43. The normalized spacial score (nSPS) is 15.3. The number of carboxylic acids is 1. The van der Waals surface area contributed by atoms with Crippen LogP contribution in [0.2, 0.25) is 0 Å². The largest absolute Gasteiger partial charge is 0.481 e. The number of para-hydroxylation sites is 1. The van der Waals surface area contributed by atoms with Gasteiger partial charge in [-0.05, 0) is 51.3 Å². The van der Waals surface area contributed by atoms with Crippen LogP contribution in [0, 0.1) is 19.3 Å². The van der Waals surface area contributed by atoms with Gasteiger partial charge in [0.1, 0.15) is 11.4 Å². The minimum Gasteiger partial charge on any atom is -0.481 e. The molecule has 1 saturated heterocycles. The molecule has 5 rings (SSSR count). The third-order valence-corrected chi connectivity index (χ3v) is 7.43. The molecule has 38 heavy (non-hydrogen) atoms. The van der Waals surface area contributed by atoms with Gasteiger partial charge in [-0.15, -0.1) is 0 Å². The Hall–Kier alpha value is -4.08. The highest BCUT2D eigenvalue weighted by molar-refractivity contribution is 5.74. The first-order chi connectivity index (χ1) is 18.1. The number of carboxylic acid groups (broad SMARTS) is 1. The summed E-state index contributed by atoms with van der Waals surface area (Å²) in [5.74, 6) is -0.0392. The van der Waals surface area contributed by atoms with E-state index in [4.69, 9.17) is 4.74 Å². The molecule has 0 saturated carbocycles. The van der Waals surface area contributed by atoms with Gasteiger partial charge in [0.05, 0.1) is 11.1 Å². The minimum atomic E-state index is -2.90. The van der Waals surface area contributed by atoms with E-state index in [1.165, 1.54) is 0 Å². The number of anilines is 1. The van der Waals surface area contributed by atoms with E-state index in [1.54, 1.807) is 43.6 Å². The number of pyridine rings is 1. The van der Waals surface area contributed by atoms with Crippen LogP contribution in [0.3, 0.4) is 0 Å². The van der Waals surface area contributed by atoms with E-state index in [1.807, 2.05) is 35.4 Å². The summed E-state index contributed by atoms with van der Waals surface area (Å²) in [6.45, 7) is 3.95. The number of hydrogen-bond acceptors (Lipinski definition) is 6. The van der Waals surface area contributed by atoms with Crippen LogP contribution in [0.5, 0.6) is 5.75 Å². The van der Waals surface area contributed by atoms with Crippen molar-refractivity contribution in [3.05, 3.63) is 71.4 Å². The average molecular weight is 522 g/mol. The second-order valence-electron chi connectivity index (χ2n) is 10.0. The number of rotatable bonds is 7. The molecule has 8 nitrogen and oxygen atoms in total. The van der Waals surface area contributed by atoms with Gasteiger partial charge >= 0.3 is 12.6 Å². The summed E-state index contributed by atoms with van der Waals surface area (Å²) in [7, 11) is 0. The molecule has 4 aromatic rings. The lowest BCUT2D eigenvalue weighted by molar-refractivity contribution is -0.149. The molecular weight excluding hydrogens is 492 g/mol. The van der Waals surface area contributed by atoms with Gasteiger partial charge in [0.15, 0.2) is 0 Å². The Kier molecular flexibility index (Phi) is 6.73. The zero-order valence-corrected chi connectivity index (χ0v) is 21.5. The number of piperidine rings is 1. The molecule has 0 bridgehead atoms. The summed E-state index contributed by atoms with van der Waals surface area (Å²) in [5.41, 5.74) is 5.14. The van der Waals surface area contributed by atoms with Crippen molar-refractivity contribution in [2.75, 3.05) is 18.0 Å². The number of aryl methyl sites for hydroxylation is 2. The molecule has 1 aliphatic rings. The smallest absolute Gasteiger partial charge is 0.387 e. The minimum absolute atomic E-state index is 0.148. The van der Waals surface area contributed by atoms with Crippen LogP contribution in [0.1, 0.15) is 42.3 Å². The molecule has 1 aliphatic heterocycles. The predicted molar refractivity (Wildman–Crippen MR) is 139 cm³/mol. The molecule has 0 atom stereocenters. The first-order valence-electron chi connectivity index (χ1n) is 12.5. The molecule has 3 aromatic heterocycles. The molecule has 1 aromatic carbocycles. The van der Waals surface area contributed by atoms with Gasteiger partial charge in [0.25, 0.3) is 0 Å². The predicted octanol–water partition coefficient (Wildman–Crippen LogP) is 5.29. The van der Waals surface area contributed by atoms with Crippen molar-refractivity contribution in [3.8, 4) is 16.9 Å². The molecule has 4 heterocycles. The summed E-state index contributed by atoms with van der Waals surface area (Å²) in [5, 5.41) is 9.48. The van der Waals surface area contributed by atoms with E-state index in [0.717, 1.165) is 33.7 Å². The number of fused-ring (bicyclic) bond motifs is 1. The SMILES string of the molecule is Cc1cc2nc(C)c(Cc3ccccc3OC(F)F)n2cc1-c1cnc(N2CCC(C)(C(=O)O)CC2)nc1. The van der Waals surface area contributed by atoms with E-state index in [0.29, 0.717) is 43.9 Å². The molecule has 1 N–H and O–H groups in total. The molecule has 1 fully saturated rings. The standard InChI is InChI=1S/C28H29F2N5O3/c1-17-12-24-33-18(2)22(13-19-6-4-5-7-23(19)38-26(29)30)35(24)16-21(17)20-14-31-27(32-15-20)34-10-8-28(3,9-11-34)25(36)37/h4-7,12,14-16,26H,8-11,13H2,1-3H3,(H,36,37). The van der Waals surface area contributed by atoms with Crippen molar-refractivity contribution in [3.63, 3.8) is 0 Å². The molecule has 10 heteroatoms. The number of halogens is 2. The van der Waals surface area contributed by atoms with Crippen molar-refractivity contribution in [1.82, 2.24) is 19.4 Å². The fourth-order valence-electron chi connectivity index (χ4n) is 4.95. The summed E-state index contributed by atoms with van der Waals surface area (Å²) < 4.78 is 32.6. The number of aliphatic carboxylic acids is 1. The highest BCUT2D eigenvalue weighted by atomic mass is 19.3. The zero-order valence-electron chi connectivity index (χ0n) is 21.5. The number of aromatic nitrogens is 4. The van der Waals surface area contributed by atoms with Gasteiger partial charge in [-0.3, -0.25) is 4.79 Å². The first-order valence-corrected chi connectivity index (χ1v) is 12.5. The lowest BCUT2D eigenvalue weighted by atomic mass is 9.80. The second kappa shape index (κ2) is 10.00. The van der Waals surface area contributed by atoms with Gasteiger partial charge in [0, 0.05) is 60.5 Å². The summed E-state index contributed by atoms with van der Waals surface area (Å²) in [4.78, 5) is 27.4. The third kappa shape index (κ3) is 4.90. The molecule has 0 unspecified atom stereocenters. The van der Waals surface area contributed by atoms with Crippen LogP contribution in [0.4, 0.5) is 14.7 Å². The monoisotopic (exact) mass is 521 g/mol. The van der Waals surface area contributed by atoms with Crippen molar-refractivity contribution in [2.45, 2.75) is 46.6 Å². The Bertz CT molecular complexity index is 1480. The average Bonchev–Trinajstić information content (AvgIpc) is 3.18. The summed E-state index contributed by atoms with van der Waals surface area (Å²) in [6, 6.07) is 8.77. The van der Waals surface area contributed by atoms with Gasteiger partial charge in [-0.1, -0.05) is 18.2 Å². The number of carbonyl (C=O) groups is 1. The Morgan fingerprint density at radius 2 is 1.84 bits per heavy atom. The summed E-state index contributed by atoms with van der Waals surface area (Å²) >= 11 is 0. The molecule has 198 valence electrons. The van der Waals surface area contributed by atoms with Gasteiger partial charge in [0.2, 0.25) is 5.95 Å². The lowest BCUT2D eigenvalue weighted by Gasteiger charge is -2.36. The number of benzene rings is 1.